The Morgan fingerprint density at radius 3 is 2.29 bits per heavy atom. The summed E-state index contributed by atoms with van der Waals surface area (Å²) < 4.78 is 0. The van der Waals surface area contributed by atoms with Crippen LogP contribution in [0.4, 0.5) is 17.1 Å². The van der Waals surface area contributed by atoms with Crippen LogP contribution in [0.5, 0.6) is 0 Å². The summed E-state index contributed by atoms with van der Waals surface area (Å²) in [5, 5.41) is 24.8. The van der Waals surface area contributed by atoms with E-state index < -0.39 is 4.92 Å². The summed E-state index contributed by atoms with van der Waals surface area (Å²) in [5.41, 5.74) is 9.23. The lowest BCUT2D eigenvalue weighted by atomic mass is 9.99. The smallest absolute Gasteiger partial charge is 0.270 e. The minimum atomic E-state index is -0.489. The second kappa shape index (κ2) is 8.68. The molecular formula is C22H18ClN5O3. The third-order valence-electron chi connectivity index (χ3n) is 4.74. The van der Waals surface area contributed by atoms with Crippen molar-refractivity contribution in [3.8, 4) is 0 Å². The monoisotopic (exact) mass is 435 g/mol. The van der Waals surface area contributed by atoms with Crippen LogP contribution >= 0.6 is 12.4 Å². The molecule has 0 aromatic heterocycles. The van der Waals surface area contributed by atoms with Gasteiger partial charge in [0.1, 0.15) is 5.84 Å². The van der Waals surface area contributed by atoms with Crippen molar-refractivity contribution in [2.75, 3.05) is 10.6 Å². The maximum Gasteiger partial charge on any atom is 0.270 e. The average molecular weight is 436 g/mol. The van der Waals surface area contributed by atoms with E-state index in [0.717, 1.165) is 5.56 Å². The van der Waals surface area contributed by atoms with Gasteiger partial charge in [-0.25, -0.2) is 0 Å². The van der Waals surface area contributed by atoms with Gasteiger partial charge in [0.25, 0.3) is 11.6 Å². The molecule has 1 aliphatic rings. The molecule has 5 N–H and O–H groups in total. The van der Waals surface area contributed by atoms with Crippen molar-refractivity contribution in [3.63, 3.8) is 0 Å². The van der Waals surface area contributed by atoms with Crippen LogP contribution in [-0.4, -0.2) is 16.7 Å². The number of fused-ring (bicyclic) bond motifs is 1. The molecule has 1 heterocycles. The van der Waals surface area contributed by atoms with E-state index in [2.05, 4.69) is 10.6 Å². The Labute approximate surface area is 183 Å². The molecule has 0 unspecified atom stereocenters. The van der Waals surface area contributed by atoms with Crippen molar-refractivity contribution in [1.82, 2.24) is 0 Å². The number of hydrogen-bond acceptors (Lipinski definition) is 5. The Bertz CT molecular complexity index is 1210. The van der Waals surface area contributed by atoms with Crippen LogP contribution in [0.15, 0.2) is 72.8 Å². The standard InChI is InChI=1S/C22H17N5O3.ClH/c23-21(24)14-6-8-15(9-7-14)25-20(13-4-2-1-3-5-13)19-17-12-16(27(29)30)10-11-18(17)26-22(19)28;/h1-12,25H,(H3,23,24)(H,26,28);1H/b20-19-;. The molecule has 31 heavy (non-hydrogen) atoms. The number of anilines is 2. The number of nitro benzene ring substituents is 1. The van der Waals surface area contributed by atoms with Crippen molar-refractivity contribution in [2.45, 2.75) is 0 Å². The number of carbonyl (C=O) groups excluding carboxylic acids is 1. The van der Waals surface area contributed by atoms with Gasteiger partial charge in [-0.2, -0.15) is 0 Å². The SMILES string of the molecule is Cl.N=C(N)c1ccc(N/C(=C2\C(=O)Nc3ccc([N+](=O)[O-])cc32)c2ccccc2)cc1. The van der Waals surface area contributed by atoms with Gasteiger partial charge in [0, 0.05) is 34.6 Å². The highest BCUT2D eigenvalue weighted by Crippen LogP contribution is 2.39. The molecule has 0 atom stereocenters. The number of nitrogens with zero attached hydrogens (tertiary/aromatic N) is 1. The number of nitro groups is 1. The highest BCUT2D eigenvalue weighted by Gasteiger charge is 2.30. The highest BCUT2D eigenvalue weighted by atomic mass is 35.5. The number of non-ortho nitro benzene ring substituents is 1. The minimum absolute atomic E-state index is 0. The largest absolute Gasteiger partial charge is 0.384 e. The van der Waals surface area contributed by atoms with Crippen LogP contribution in [-0.2, 0) is 4.79 Å². The highest BCUT2D eigenvalue weighted by molar-refractivity contribution is 6.37. The number of hydrogen-bond donors (Lipinski definition) is 4. The van der Waals surface area contributed by atoms with Crippen LogP contribution in [0.1, 0.15) is 16.7 Å². The van der Waals surface area contributed by atoms with Gasteiger partial charge >= 0.3 is 0 Å². The third kappa shape index (κ3) is 4.24. The molecule has 1 aliphatic heterocycles. The lowest BCUT2D eigenvalue weighted by Crippen LogP contribution is -2.11. The number of amides is 1. The fourth-order valence-electron chi connectivity index (χ4n) is 3.28. The van der Waals surface area contributed by atoms with Crippen LogP contribution in [0.3, 0.4) is 0 Å². The third-order valence-corrected chi connectivity index (χ3v) is 4.74. The lowest BCUT2D eigenvalue weighted by molar-refractivity contribution is -0.384. The number of rotatable bonds is 5. The van der Waals surface area contributed by atoms with Crippen molar-refractivity contribution in [2.24, 2.45) is 5.73 Å². The van der Waals surface area contributed by atoms with Gasteiger partial charge in [-0.15, -0.1) is 12.4 Å². The number of halogens is 1. The van der Waals surface area contributed by atoms with E-state index in [9.17, 15) is 14.9 Å². The van der Waals surface area contributed by atoms with Crippen molar-refractivity contribution < 1.29 is 9.72 Å². The molecule has 0 saturated carbocycles. The zero-order valence-corrected chi connectivity index (χ0v) is 16.9. The molecule has 0 saturated heterocycles. The van der Waals surface area contributed by atoms with Crippen LogP contribution in [0, 0.1) is 15.5 Å². The fraction of sp³-hybridized carbons (Fsp3) is 0. The molecule has 1 amide bonds. The van der Waals surface area contributed by atoms with E-state index >= 15 is 0 Å². The van der Waals surface area contributed by atoms with Crippen molar-refractivity contribution in [3.05, 3.63) is 99.6 Å². The van der Waals surface area contributed by atoms with Gasteiger partial charge in [-0.1, -0.05) is 30.3 Å². The summed E-state index contributed by atoms with van der Waals surface area (Å²) in [4.78, 5) is 23.6. The fourth-order valence-corrected chi connectivity index (χ4v) is 3.28. The Hall–Kier alpha value is -4.17. The first-order chi connectivity index (χ1) is 14.4. The Kier molecular flexibility index (Phi) is 6.03. The maximum atomic E-state index is 12.8. The van der Waals surface area contributed by atoms with E-state index in [0.29, 0.717) is 33.8 Å². The second-order valence-corrected chi connectivity index (χ2v) is 6.67. The van der Waals surface area contributed by atoms with E-state index in [-0.39, 0.29) is 29.8 Å². The summed E-state index contributed by atoms with van der Waals surface area (Å²) in [5.74, 6) is -0.392. The number of nitrogens with two attached hydrogens (primary N) is 1. The first-order valence-electron chi connectivity index (χ1n) is 9.05. The molecule has 0 spiro atoms. The Morgan fingerprint density at radius 1 is 1.00 bits per heavy atom. The molecule has 8 nitrogen and oxygen atoms in total. The summed E-state index contributed by atoms with van der Waals surface area (Å²) in [6.07, 6.45) is 0. The Morgan fingerprint density at radius 2 is 1.68 bits per heavy atom. The molecule has 3 aromatic carbocycles. The first kappa shape index (κ1) is 21.5. The summed E-state index contributed by atoms with van der Waals surface area (Å²) in [7, 11) is 0. The summed E-state index contributed by atoms with van der Waals surface area (Å²) in [6.45, 7) is 0. The van der Waals surface area contributed by atoms with E-state index in [1.54, 1.807) is 24.3 Å². The number of amidine groups is 1. The van der Waals surface area contributed by atoms with Gasteiger partial charge in [0.15, 0.2) is 0 Å². The molecule has 0 bridgehead atoms. The zero-order valence-electron chi connectivity index (χ0n) is 16.1. The average Bonchev–Trinajstić information content (AvgIpc) is 3.07. The topological polar surface area (TPSA) is 134 Å². The molecule has 0 radical (unpaired) electrons. The van der Waals surface area contributed by atoms with Gasteiger partial charge in [-0.3, -0.25) is 20.3 Å². The van der Waals surface area contributed by atoms with Gasteiger partial charge in [0.05, 0.1) is 16.2 Å². The number of carbonyl (C=O) groups is 1. The molecule has 0 fully saturated rings. The number of nitrogens with one attached hydrogen (secondary N) is 3. The second-order valence-electron chi connectivity index (χ2n) is 6.67. The predicted molar refractivity (Wildman–Crippen MR) is 123 cm³/mol. The first-order valence-corrected chi connectivity index (χ1v) is 9.05. The molecular weight excluding hydrogens is 418 g/mol. The van der Waals surface area contributed by atoms with E-state index in [1.807, 2.05) is 30.3 Å². The zero-order chi connectivity index (χ0) is 21.3. The molecule has 4 rings (SSSR count). The van der Waals surface area contributed by atoms with Crippen LogP contribution in [0.25, 0.3) is 11.3 Å². The Balaban J connectivity index is 0.00000272. The van der Waals surface area contributed by atoms with Crippen LogP contribution in [0.2, 0.25) is 0 Å². The van der Waals surface area contributed by atoms with Gasteiger partial charge in [-0.05, 0) is 35.9 Å². The minimum Gasteiger partial charge on any atom is -0.384 e. The van der Waals surface area contributed by atoms with E-state index in [4.69, 9.17) is 11.1 Å². The van der Waals surface area contributed by atoms with Crippen molar-refractivity contribution >= 4 is 52.5 Å². The normalized spacial score (nSPS) is 13.5. The van der Waals surface area contributed by atoms with E-state index in [1.165, 1.54) is 18.2 Å². The molecule has 3 aromatic rings. The maximum absolute atomic E-state index is 12.8. The summed E-state index contributed by atoms with van der Waals surface area (Å²) >= 11 is 0. The summed E-state index contributed by atoms with van der Waals surface area (Å²) in [6, 6.07) is 20.4. The van der Waals surface area contributed by atoms with Gasteiger partial charge in [0.2, 0.25) is 0 Å². The number of nitrogen functional groups attached to an aromatic ring is 1. The molecule has 156 valence electrons. The van der Waals surface area contributed by atoms with Gasteiger partial charge < -0.3 is 16.4 Å². The number of benzene rings is 3. The lowest BCUT2D eigenvalue weighted by Gasteiger charge is -2.15. The van der Waals surface area contributed by atoms with Crippen molar-refractivity contribution in [1.29, 1.82) is 5.41 Å². The predicted octanol–water partition coefficient (Wildman–Crippen LogP) is 4.23. The van der Waals surface area contributed by atoms with Crippen LogP contribution < -0.4 is 16.4 Å². The molecule has 9 heteroatoms. The molecule has 0 aliphatic carbocycles. The quantitative estimate of drug-likeness (QED) is 0.156.